The van der Waals surface area contributed by atoms with Crippen LogP contribution in [0, 0.1) is 6.92 Å². The predicted molar refractivity (Wildman–Crippen MR) is 100 cm³/mol. The third-order valence-corrected chi connectivity index (χ3v) is 4.12. The molecule has 2 aromatic carbocycles. The molecule has 132 valence electrons. The van der Waals surface area contributed by atoms with Gasteiger partial charge in [0, 0.05) is 12.7 Å². The van der Waals surface area contributed by atoms with Crippen molar-refractivity contribution in [2.45, 2.75) is 6.92 Å². The number of anilines is 1. The fraction of sp³-hybridized carbons (Fsp3) is 0.105. The van der Waals surface area contributed by atoms with Crippen LogP contribution in [-0.2, 0) is 7.05 Å². The van der Waals surface area contributed by atoms with Gasteiger partial charge in [0.25, 0.3) is 5.56 Å². The zero-order valence-corrected chi connectivity index (χ0v) is 14.4. The van der Waals surface area contributed by atoms with Gasteiger partial charge in [-0.25, -0.2) is 9.48 Å². The van der Waals surface area contributed by atoms with Gasteiger partial charge in [0.1, 0.15) is 0 Å². The minimum atomic E-state index is -0.985. The largest absolute Gasteiger partial charge is 0.478 e. The molecule has 7 heteroatoms. The summed E-state index contributed by atoms with van der Waals surface area (Å²) >= 11 is 0. The van der Waals surface area contributed by atoms with Crippen LogP contribution >= 0.6 is 0 Å². The molecule has 0 aliphatic heterocycles. The number of hydrogen-bond donors (Lipinski definition) is 2. The van der Waals surface area contributed by atoms with E-state index in [2.05, 4.69) is 10.5 Å². The Kier molecular flexibility index (Phi) is 4.70. The number of benzene rings is 2. The van der Waals surface area contributed by atoms with Gasteiger partial charge >= 0.3 is 5.97 Å². The lowest BCUT2D eigenvalue weighted by molar-refractivity contribution is 0.0697. The van der Waals surface area contributed by atoms with Crippen LogP contribution in [0.2, 0.25) is 0 Å². The van der Waals surface area contributed by atoms with Crippen molar-refractivity contribution in [2.24, 2.45) is 12.1 Å². The van der Waals surface area contributed by atoms with E-state index in [9.17, 15) is 9.59 Å². The van der Waals surface area contributed by atoms with Gasteiger partial charge in [-0.05, 0) is 43.3 Å². The third kappa shape index (κ3) is 3.27. The van der Waals surface area contributed by atoms with Crippen molar-refractivity contribution in [3.63, 3.8) is 0 Å². The standard InChI is InChI=1S/C19H18N4O3/c1-13-17(12-20-21-15-10-8-14(9-11-15)19(25)26)18(24)23(22(13)2)16-6-4-3-5-7-16/h3-12,21H,1-2H3,(H,25,26)/b20-12+. The molecule has 7 nitrogen and oxygen atoms in total. The van der Waals surface area contributed by atoms with Gasteiger partial charge < -0.3 is 5.11 Å². The summed E-state index contributed by atoms with van der Waals surface area (Å²) in [6, 6.07) is 15.6. The van der Waals surface area contributed by atoms with Gasteiger partial charge in [-0.15, -0.1) is 0 Å². The number of carboxylic acids is 1. The van der Waals surface area contributed by atoms with Gasteiger partial charge in [0.2, 0.25) is 0 Å². The van der Waals surface area contributed by atoms with Crippen molar-refractivity contribution < 1.29 is 9.90 Å². The van der Waals surface area contributed by atoms with Gasteiger partial charge in [-0.3, -0.25) is 14.9 Å². The normalized spacial score (nSPS) is 11.0. The van der Waals surface area contributed by atoms with E-state index >= 15 is 0 Å². The first-order chi connectivity index (χ1) is 12.5. The minimum absolute atomic E-state index is 0.164. The zero-order valence-electron chi connectivity index (χ0n) is 14.4. The van der Waals surface area contributed by atoms with Crippen LogP contribution in [0.15, 0.2) is 64.5 Å². The molecular formula is C19H18N4O3. The third-order valence-electron chi connectivity index (χ3n) is 4.12. The molecule has 1 aromatic heterocycles. The van der Waals surface area contributed by atoms with Crippen LogP contribution in [0.1, 0.15) is 21.6 Å². The van der Waals surface area contributed by atoms with E-state index in [4.69, 9.17) is 5.11 Å². The molecule has 3 aromatic rings. The van der Waals surface area contributed by atoms with Crippen LogP contribution in [0.25, 0.3) is 5.69 Å². The average Bonchev–Trinajstić information content (AvgIpc) is 2.86. The number of hydrazone groups is 1. The number of para-hydroxylation sites is 1. The Hall–Kier alpha value is -3.61. The first-order valence-electron chi connectivity index (χ1n) is 7.95. The molecule has 3 rings (SSSR count). The Morgan fingerprint density at radius 1 is 1.12 bits per heavy atom. The maximum Gasteiger partial charge on any atom is 0.335 e. The second kappa shape index (κ2) is 7.10. The minimum Gasteiger partial charge on any atom is -0.478 e. The maximum absolute atomic E-state index is 12.7. The van der Waals surface area contributed by atoms with E-state index in [0.717, 1.165) is 11.4 Å². The molecule has 0 radical (unpaired) electrons. The van der Waals surface area contributed by atoms with Crippen molar-refractivity contribution in [1.82, 2.24) is 9.36 Å². The Morgan fingerprint density at radius 2 is 1.77 bits per heavy atom. The highest BCUT2D eigenvalue weighted by Gasteiger charge is 2.14. The summed E-state index contributed by atoms with van der Waals surface area (Å²) < 4.78 is 3.36. The van der Waals surface area contributed by atoms with E-state index in [1.54, 1.807) is 21.5 Å². The monoisotopic (exact) mass is 350 g/mol. The van der Waals surface area contributed by atoms with E-state index < -0.39 is 5.97 Å². The summed E-state index contributed by atoms with van der Waals surface area (Å²) in [5.74, 6) is -0.985. The SMILES string of the molecule is Cc1c(/C=N/Nc2ccc(C(=O)O)cc2)c(=O)n(-c2ccccc2)n1C. The lowest BCUT2D eigenvalue weighted by Crippen LogP contribution is -2.20. The number of carboxylic acid groups (broad SMARTS) is 1. The van der Waals surface area contributed by atoms with Crippen molar-refractivity contribution in [3.8, 4) is 5.69 Å². The molecule has 0 aliphatic carbocycles. The van der Waals surface area contributed by atoms with Crippen molar-refractivity contribution in [2.75, 3.05) is 5.43 Å². The van der Waals surface area contributed by atoms with E-state index in [0.29, 0.717) is 11.3 Å². The van der Waals surface area contributed by atoms with Gasteiger partial charge in [-0.2, -0.15) is 5.10 Å². The fourth-order valence-electron chi connectivity index (χ4n) is 2.60. The van der Waals surface area contributed by atoms with Crippen LogP contribution < -0.4 is 11.0 Å². The van der Waals surface area contributed by atoms with E-state index in [-0.39, 0.29) is 11.1 Å². The average molecular weight is 350 g/mol. The molecule has 0 unspecified atom stereocenters. The lowest BCUT2D eigenvalue weighted by Gasteiger charge is -2.07. The fourth-order valence-corrected chi connectivity index (χ4v) is 2.60. The van der Waals surface area contributed by atoms with Crippen molar-refractivity contribution in [1.29, 1.82) is 0 Å². The molecule has 0 atom stereocenters. The molecule has 0 aliphatic rings. The summed E-state index contributed by atoms with van der Waals surface area (Å²) in [7, 11) is 1.82. The van der Waals surface area contributed by atoms with Gasteiger partial charge in [0.15, 0.2) is 0 Å². The second-order valence-corrected chi connectivity index (χ2v) is 5.73. The smallest absolute Gasteiger partial charge is 0.335 e. The molecule has 2 N–H and O–H groups in total. The predicted octanol–water partition coefficient (Wildman–Crippen LogP) is 2.63. The molecular weight excluding hydrogens is 332 g/mol. The highest BCUT2D eigenvalue weighted by molar-refractivity contribution is 5.88. The number of hydrogen-bond acceptors (Lipinski definition) is 4. The summed E-state index contributed by atoms with van der Waals surface area (Å²) in [6.45, 7) is 1.85. The lowest BCUT2D eigenvalue weighted by atomic mass is 10.2. The summed E-state index contributed by atoms with van der Waals surface area (Å²) in [6.07, 6.45) is 1.47. The number of carbonyl (C=O) groups is 1. The molecule has 0 amide bonds. The van der Waals surface area contributed by atoms with Crippen LogP contribution in [0.3, 0.4) is 0 Å². The highest BCUT2D eigenvalue weighted by atomic mass is 16.4. The van der Waals surface area contributed by atoms with Crippen molar-refractivity contribution in [3.05, 3.63) is 81.8 Å². The van der Waals surface area contributed by atoms with Crippen molar-refractivity contribution >= 4 is 17.9 Å². The van der Waals surface area contributed by atoms with Crippen LogP contribution in [0.5, 0.6) is 0 Å². The Bertz CT molecular complexity index is 1020. The Labute approximate surface area is 149 Å². The topological polar surface area (TPSA) is 88.6 Å². The highest BCUT2D eigenvalue weighted by Crippen LogP contribution is 2.11. The molecule has 0 saturated heterocycles. The number of aromatic carboxylic acids is 1. The van der Waals surface area contributed by atoms with Crippen LogP contribution in [0.4, 0.5) is 5.69 Å². The quantitative estimate of drug-likeness (QED) is 0.547. The molecule has 0 spiro atoms. The summed E-state index contributed by atoms with van der Waals surface area (Å²) in [5.41, 5.74) is 5.50. The molecule has 26 heavy (non-hydrogen) atoms. The zero-order chi connectivity index (χ0) is 18.7. The number of nitrogens with one attached hydrogen (secondary N) is 1. The molecule has 0 bridgehead atoms. The second-order valence-electron chi connectivity index (χ2n) is 5.73. The number of rotatable bonds is 5. The number of nitrogens with zero attached hydrogens (tertiary/aromatic N) is 3. The first-order valence-corrected chi connectivity index (χ1v) is 7.95. The van der Waals surface area contributed by atoms with E-state index in [1.165, 1.54) is 18.3 Å². The van der Waals surface area contributed by atoms with E-state index in [1.807, 2.05) is 44.3 Å². The van der Waals surface area contributed by atoms with Gasteiger partial charge in [0.05, 0.1) is 28.7 Å². The summed E-state index contributed by atoms with van der Waals surface area (Å²) in [5, 5.41) is 13.0. The molecule has 0 fully saturated rings. The van der Waals surface area contributed by atoms with Gasteiger partial charge in [-0.1, -0.05) is 18.2 Å². The summed E-state index contributed by atoms with van der Waals surface area (Å²) in [4.78, 5) is 23.6. The van der Waals surface area contributed by atoms with Crippen LogP contribution in [-0.4, -0.2) is 26.7 Å². The molecule has 1 heterocycles. The molecule has 0 saturated carbocycles. The maximum atomic E-state index is 12.7. The number of aromatic nitrogens is 2. The Balaban J connectivity index is 1.85. The first kappa shape index (κ1) is 17.2. The Morgan fingerprint density at radius 3 is 2.38 bits per heavy atom.